The van der Waals surface area contributed by atoms with E-state index in [1.807, 2.05) is 38.1 Å². The van der Waals surface area contributed by atoms with Gasteiger partial charge in [-0.15, -0.1) is 0 Å². The maximum atomic E-state index is 12.4. The van der Waals surface area contributed by atoms with E-state index in [1.54, 1.807) is 0 Å². The fourth-order valence-electron chi connectivity index (χ4n) is 4.02. The number of benzene rings is 1. The molecule has 170 valence electrons. The molecule has 1 amide bonds. The van der Waals surface area contributed by atoms with Gasteiger partial charge < -0.3 is 19.5 Å². The number of hydrogen-bond acceptors (Lipinski definition) is 7. The number of anilines is 1. The van der Waals surface area contributed by atoms with Crippen LogP contribution in [0, 0.1) is 6.92 Å². The van der Waals surface area contributed by atoms with Gasteiger partial charge in [-0.3, -0.25) is 4.79 Å². The molecule has 8 nitrogen and oxygen atoms in total. The van der Waals surface area contributed by atoms with Crippen LogP contribution in [-0.2, 0) is 17.8 Å². The third kappa shape index (κ3) is 5.36. The number of amides is 1. The van der Waals surface area contributed by atoms with Gasteiger partial charge in [0.05, 0.1) is 12.3 Å². The molecule has 0 bridgehead atoms. The average Bonchev–Trinajstić information content (AvgIpc) is 3.00. The first-order valence-corrected chi connectivity index (χ1v) is 11.5. The van der Waals surface area contributed by atoms with Gasteiger partial charge in [-0.2, -0.15) is 4.98 Å². The van der Waals surface area contributed by atoms with Gasteiger partial charge in [-0.1, -0.05) is 30.1 Å². The minimum atomic E-state index is -0.0346. The first-order chi connectivity index (χ1) is 15.6. The Hall–Kier alpha value is -3.16. The molecule has 0 radical (unpaired) electrons. The van der Waals surface area contributed by atoms with Crippen LogP contribution in [0.5, 0.6) is 5.75 Å². The Balaban J connectivity index is 1.39. The lowest BCUT2D eigenvalue weighted by Crippen LogP contribution is -2.26. The average molecular weight is 438 g/mol. The number of rotatable bonds is 8. The van der Waals surface area contributed by atoms with Gasteiger partial charge in [0.25, 0.3) is 5.71 Å². The number of hydrogen-bond donors (Lipinski definition) is 1. The molecule has 1 aliphatic rings. The molecule has 1 fully saturated rings. The second kappa shape index (κ2) is 10.4. The Kier molecular flexibility index (Phi) is 7.19. The van der Waals surface area contributed by atoms with Crippen LogP contribution in [0.4, 0.5) is 5.82 Å². The predicted molar refractivity (Wildman–Crippen MR) is 123 cm³/mol. The van der Waals surface area contributed by atoms with E-state index in [0.29, 0.717) is 37.5 Å². The Morgan fingerprint density at radius 3 is 2.59 bits per heavy atom. The van der Waals surface area contributed by atoms with E-state index in [-0.39, 0.29) is 5.91 Å². The van der Waals surface area contributed by atoms with Gasteiger partial charge in [-0.05, 0) is 44.4 Å². The molecule has 0 unspecified atom stereocenters. The Labute approximate surface area is 188 Å². The fraction of sp³-hybridized carbons (Fsp3) is 0.500. The lowest BCUT2D eigenvalue weighted by atomic mass is 10.2. The maximum Gasteiger partial charge on any atom is 0.263 e. The molecule has 1 aliphatic heterocycles. The van der Waals surface area contributed by atoms with Crippen molar-refractivity contribution in [3.05, 3.63) is 41.3 Å². The standard InChI is InChI=1S/C24H31N5O3/c1-3-31-19-10-8-18(9-11-19)16-25-21(30)13-12-20-26-23(29-14-6-4-5-7-15-29)22-17(2)28-32-24(22)27-20/h8-11H,3-7,12-16H2,1-2H3,(H,25,30). The Bertz CT molecular complexity index is 1040. The maximum absolute atomic E-state index is 12.4. The Morgan fingerprint density at radius 2 is 1.88 bits per heavy atom. The van der Waals surface area contributed by atoms with Gasteiger partial charge in [0.1, 0.15) is 22.8 Å². The SMILES string of the molecule is CCOc1ccc(CNC(=O)CCc2nc(N3CCCCCC3)c3c(C)noc3n2)cc1. The molecule has 32 heavy (non-hydrogen) atoms. The smallest absolute Gasteiger partial charge is 0.263 e. The fourth-order valence-corrected chi connectivity index (χ4v) is 4.02. The highest BCUT2D eigenvalue weighted by molar-refractivity contribution is 5.88. The molecular weight excluding hydrogens is 406 g/mol. The second-order valence-electron chi connectivity index (χ2n) is 8.17. The van der Waals surface area contributed by atoms with Crippen molar-refractivity contribution in [2.24, 2.45) is 0 Å². The third-order valence-corrected chi connectivity index (χ3v) is 5.74. The normalized spacial score (nSPS) is 14.4. The zero-order valence-corrected chi connectivity index (χ0v) is 18.9. The van der Waals surface area contributed by atoms with Crippen molar-refractivity contribution in [1.82, 2.24) is 20.4 Å². The van der Waals surface area contributed by atoms with Crippen LogP contribution in [0.1, 0.15) is 56.1 Å². The number of ether oxygens (including phenoxy) is 1. The van der Waals surface area contributed by atoms with Crippen LogP contribution in [0.3, 0.4) is 0 Å². The first kappa shape index (κ1) is 22.0. The molecule has 4 rings (SSSR count). The van der Waals surface area contributed by atoms with E-state index < -0.39 is 0 Å². The summed E-state index contributed by atoms with van der Waals surface area (Å²) in [5.41, 5.74) is 2.33. The number of carbonyl (C=O) groups excluding carboxylic acids is 1. The van der Waals surface area contributed by atoms with Crippen molar-refractivity contribution in [3.63, 3.8) is 0 Å². The molecule has 2 aromatic heterocycles. The van der Waals surface area contributed by atoms with E-state index in [4.69, 9.17) is 14.2 Å². The van der Waals surface area contributed by atoms with Crippen LogP contribution in [0.2, 0.25) is 0 Å². The van der Waals surface area contributed by atoms with Gasteiger partial charge in [-0.25, -0.2) is 4.98 Å². The molecule has 3 heterocycles. The number of nitrogens with zero attached hydrogens (tertiary/aromatic N) is 4. The number of carbonyl (C=O) groups is 1. The van der Waals surface area contributed by atoms with Crippen molar-refractivity contribution < 1.29 is 14.1 Å². The zero-order valence-electron chi connectivity index (χ0n) is 18.9. The van der Waals surface area contributed by atoms with Gasteiger partial charge in [0, 0.05) is 32.5 Å². The molecule has 3 aromatic rings. The van der Waals surface area contributed by atoms with Gasteiger partial charge in [0.15, 0.2) is 0 Å². The summed E-state index contributed by atoms with van der Waals surface area (Å²) in [6, 6.07) is 7.75. The molecule has 0 saturated carbocycles. The lowest BCUT2D eigenvalue weighted by Gasteiger charge is -2.22. The van der Waals surface area contributed by atoms with Crippen LogP contribution < -0.4 is 15.0 Å². The molecule has 0 atom stereocenters. The van der Waals surface area contributed by atoms with Crippen molar-refractivity contribution in [3.8, 4) is 5.75 Å². The molecule has 1 aromatic carbocycles. The minimum Gasteiger partial charge on any atom is -0.494 e. The summed E-state index contributed by atoms with van der Waals surface area (Å²) in [6.45, 7) is 6.93. The third-order valence-electron chi connectivity index (χ3n) is 5.74. The predicted octanol–water partition coefficient (Wildman–Crippen LogP) is 3.95. The summed E-state index contributed by atoms with van der Waals surface area (Å²) >= 11 is 0. The van der Waals surface area contributed by atoms with Crippen LogP contribution in [0.15, 0.2) is 28.8 Å². The zero-order chi connectivity index (χ0) is 22.3. The minimum absolute atomic E-state index is 0.0346. The number of nitrogens with one attached hydrogen (secondary N) is 1. The molecule has 0 aliphatic carbocycles. The van der Waals surface area contributed by atoms with E-state index in [1.165, 1.54) is 12.8 Å². The van der Waals surface area contributed by atoms with Crippen molar-refractivity contribution in [2.75, 3.05) is 24.6 Å². The highest BCUT2D eigenvalue weighted by Gasteiger charge is 2.21. The number of aryl methyl sites for hydroxylation is 2. The summed E-state index contributed by atoms with van der Waals surface area (Å²) < 4.78 is 10.9. The molecule has 1 N–H and O–H groups in total. The topological polar surface area (TPSA) is 93.4 Å². The van der Waals surface area contributed by atoms with E-state index in [9.17, 15) is 4.79 Å². The lowest BCUT2D eigenvalue weighted by molar-refractivity contribution is -0.121. The summed E-state index contributed by atoms with van der Waals surface area (Å²) in [4.78, 5) is 24.1. The monoisotopic (exact) mass is 437 g/mol. The van der Waals surface area contributed by atoms with Crippen molar-refractivity contribution in [1.29, 1.82) is 0 Å². The van der Waals surface area contributed by atoms with Gasteiger partial charge in [0.2, 0.25) is 5.91 Å². The van der Waals surface area contributed by atoms with Crippen molar-refractivity contribution >= 4 is 22.8 Å². The van der Waals surface area contributed by atoms with E-state index in [2.05, 4.69) is 20.4 Å². The highest BCUT2D eigenvalue weighted by atomic mass is 16.5. The number of aromatic nitrogens is 3. The summed E-state index contributed by atoms with van der Waals surface area (Å²) in [5, 5.41) is 7.95. The quantitative estimate of drug-likeness (QED) is 0.570. The summed E-state index contributed by atoms with van der Waals surface area (Å²) in [6.07, 6.45) is 5.56. The molecule has 1 saturated heterocycles. The van der Waals surface area contributed by atoms with Crippen LogP contribution >= 0.6 is 0 Å². The van der Waals surface area contributed by atoms with E-state index >= 15 is 0 Å². The largest absolute Gasteiger partial charge is 0.494 e. The molecule has 8 heteroatoms. The van der Waals surface area contributed by atoms with Crippen LogP contribution in [0.25, 0.3) is 11.1 Å². The highest BCUT2D eigenvalue weighted by Crippen LogP contribution is 2.29. The summed E-state index contributed by atoms with van der Waals surface area (Å²) in [7, 11) is 0. The van der Waals surface area contributed by atoms with Crippen LogP contribution in [-0.4, -0.2) is 40.7 Å². The first-order valence-electron chi connectivity index (χ1n) is 11.5. The number of fused-ring (bicyclic) bond motifs is 1. The molecular formula is C24H31N5O3. The summed E-state index contributed by atoms with van der Waals surface area (Å²) in [5.74, 6) is 2.30. The second-order valence-corrected chi connectivity index (χ2v) is 8.17. The van der Waals surface area contributed by atoms with E-state index in [0.717, 1.165) is 54.1 Å². The van der Waals surface area contributed by atoms with Gasteiger partial charge >= 0.3 is 0 Å². The van der Waals surface area contributed by atoms with Crippen molar-refractivity contribution in [2.45, 2.75) is 58.9 Å². The Morgan fingerprint density at radius 1 is 1.12 bits per heavy atom. The molecule has 0 spiro atoms.